The fourth-order valence-corrected chi connectivity index (χ4v) is 3.26. The van der Waals surface area contributed by atoms with Crippen LogP contribution in [0.25, 0.3) is 0 Å². The first kappa shape index (κ1) is 10.5. The van der Waals surface area contributed by atoms with Gasteiger partial charge in [0.25, 0.3) is 0 Å². The molecule has 2 saturated heterocycles. The SMILES string of the molecule is CCCc1nsc(NC2CC3CCC2O3)n1. The second-order valence-electron chi connectivity index (χ2n) is 4.63. The molecule has 1 aromatic heterocycles. The van der Waals surface area contributed by atoms with Crippen molar-refractivity contribution in [2.45, 2.75) is 57.3 Å². The van der Waals surface area contributed by atoms with Gasteiger partial charge in [0.1, 0.15) is 5.82 Å². The molecule has 3 unspecified atom stereocenters. The van der Waals surface area contributed by atoms with Crippen LogP contribution in [0, 0.1) is 0 Å². The first-order chi connectivity index (χ1) is 7.85. The van der Waals surface area contributed by atoms with Gasteiger partial charge in [-0.3, -0.25) is 0 Å². The monoisotopic (exact) mass is 239 g/mol. The van der Waals surface area contributed by atoms with Crippen LogP contribution in [0.5, 0.6) is 0 Å². The van der Waals surface area contributed by atoms with Crippen molar-refractivity contribution in [3.63, 3.8) is 0 Å². The molecular weight excluding hydrogens is 222 g/mol. The van der Waals surface area contributed by atoms with E-state index in [-0.39, 0.29) is 0 Å². The maximum atomic E-state index is 5.81. The maximum Gasteiger partial charge on any atom is 0.202 e. The number of rotatable bonds is 4. The van der Waals surface area contributed by atoms with E-state index < -0.39 is 0 Å². The van der Waals surface area contributed by atoms with Crippen molar-refractivity contribution in [3.05, 3.63) is 5.82 Å². The number of fused-ring (bicyclic) bond motifs is 2. The van der Waals surface area contributed by atoms with Crippen molar-refractivity contribution < 1.29 is 4.74 Å². The predicted octanol–water partition coefficient (Wildman–Crippen LogP) is 2.22. The summed E-state index contributed by atoms with van der Waals surface area (Å²) in [5.41, 5.74) is 0. The molecule has 4 nitrogen and oxygen atoms in total. The summed E-state index contributed by atoms with van der Waals surface area (Å²) in [6.07, 6.45) is 6.55. The van der Waals surface area contributed by atoms with Crippen LogP contribution in [0.15, 0.2) is 0 Å². The van der Waals surface area contributed by atoms with Gasteiger partial charge in [-0.1, -0.05) is 6.92 Å². The van der Waals surface area contributed by atoms with E-state index in [9.17, 15) is 0 Å². The van der Waals surface area contributed by atoms with Gasteiger partial charge in [0.15, 0.2) is 0 Å². The molecule has 3 heterocycles. The molecule has 0 aliphatic carbocycles. The Morgan fingerprint density at radius 3 is 3.12 bits per heavy atom. The summed E-state index contributed by atoms with van der Waals surface area (Å²) in [5.74, 6) is 0.971. The predicted molar refractivity (Wildman–Crippen MR) is 63.8 cm³/mol. The van der Waals surface area contributed by atoms with Crippen molar-refractivity contribution in [3.8, 4) is 0 Å². The molecule has 16 heavy (non-hydrogen) atoms. The summed E-state index contributed by atoms with van der Waals surface area (Å²) < 4.78 is 10.1. The van der Waals surface area contributed by atoms with Crippen LogP contribution in [-0.4, -0.2) is 27.6 Å². The summed E-state index contributed by atoms with van der Waals surface area (Å²) in [6.45, 7) is 2.15. The number of nitrogens with zero attached hydrogens (tertiary/aromatic N) is 2. The topological polar surface area (TPSA) is 47.0 Å². The Morgan fingerprint density at radius 2 is 2.44 bits per heavy atom. The fraction of sp³-hybridized carbons (Fsp3) is 0.818. The second-order valence-corrected chi connectivity index (χ2v) is 5.38. The first-order valence-electron chi connectivity index (χ1n) is 6.09. The van der Waals surface area contributed by atoms with E-state index in [1.165, 1.54) is 24.4 Å². The number of anilines is 1. The van der Waals surface area contributed by atoms with Gasteiger partial charge in [-0.25, -0.2) is 4.98 Å². The number of hydrogen-bond donors (Lipinski definition) is 1. The molecular formula is C11H17N3OS. The molecule has 2 bridgehead atoms. The van der Waals surface area contributed by atoms with E-state index in [0.717, 1.165) is 30.2 Å². The van der Waals surface area contributed by atoms with Gasteiger partial charge in [0.05, 0.1) is 18.2 Å². The van der Waals surface area contributed by atoms with E-state index in [4.69, 9.17) is 4.74 Å². The summed E-state index contributed by atoms with van der Waals surface area (Å²) in [6, 6.07) is 0.459. The molecule has 1 aromatic rings. The lowest BCUT2D eigenvalue weighted by molar-refractivity contribution is 0.102. The van der Waals surface area contributed by atoms with Crippen LogP contribution in [0.4, 0.5) is 5.13 Å². The molecule has 2 aliphatic heterocycles. The number of aromatic nitrogens is 2. The third-order valence-electron chi connectivity index (χ3n) is 3.36. The van der Waals surface area contributed by atoms with E-state index in [0.29, 0.717) is 18.2 Å². The van der Waals surface area contributed by atoms with Crippen molar-refractivity contribution in [1.29, 1.82) is 0 Å². The summed E-state index contributed by atoms with van der Waals surface area (Å²) in [5, 5.41) is 4.43. The van der Waals surface area contributed by atoms with Crippen molar-refractivity contribution in [2.24, 2.45) is 0 Å². The Bertz CT molecular complexity index is 368. The summed E-state index contributed by atoms with van der Waals surface area (Å²) >= 11 is 1.48. The van der Waals surface area contributed by atoms with Crippen molar-refractivity contribution in [1.82, 2.24) is 9.36 Å². The largest absolute Gasteiger partial charge is 0.373 e. The molecule has 0 amide bonds. The fourth-order valence-electron chi connectivity index (χ4n) is 2.59. The molecule has 0 saturated carbocycles. The van der Waals surface area contributed by atoms with Crippen LogP contribution in [-0.2, 0) is 11.2 Å². The molecule has 0 spiro atoms. The van der Waals surface area contributed by atoms with Crippen molar-refractivity contribution in [2.75, 3.05) is 5.32 Å². The zero-order valence-corrected chi connectivity index (χ0v) is 10.3. The quantitative estimate of drug-likeness (QED) is 0.875. The average molecular weight is 239 g/mol. The smallest absolute Gasteiger partial charge is 0.202 e. The molecule has 1 N–H and O–H groups in total. The van der Waals surface area contributed by atoms with Gasteiger partial charge in [-0.05, 0) is 25.7 Å². The van der Waals surface area contributed by atoms with Crippen molar-refractivity contribution >= 4 is 16.7 Å². The van der Waals surface area contributed by atoms with E-state index >= 15 is 0 Å². The minimum atomic E-state index is 0.406. The lowest BCUT2D eigenvalue weighted by Gasteiger charge is -2.18. The van der Waals surface area contributed by atoms with Crippen LogP contribution < -0.4 is 5.32 Å². The van der Waals surface area contributed by atoms with E-state index in [1.807, 2.05) is 0 Å². The Hall–Kier alpha value is -0.680. The highest BCUT2D eigenvalue weighted by atomic mass is 32.1. The molecule has 3 rings (SSSR count). The Labute approximate surface area is 99.6 Å². The molecule has 88 valence electrons. The Kier molecular flexibility index (Phi) is 2.81. The molecule has 0 aromatic carbocycles. The zero-order valence-electron chi connectivity index (χ0n) is 9.48. The molecule has 5 heteroatoms. The minimum absolute atomic E-state index is 0.406. The summed E-state index contributed by atoms with van der Waals surface area (Å²) in [4.78, 5) is 4.49. The zero-order chi connectivity index (χ0) is 11.0. The normalized spacial score (nSPS) is 32.2. The van der Waals surface area contributed by atoms with Gasteiger partial charge < -0.3 is 10.1 Å². The van der Waals surface area contributed by atoms with Crippen LogP contribution >= 0.6 is 11.5 Å². The minimum Gasteiger partial charge on any atom is -0.373 e. The Morgan fingerprint density at radius 1 is 1.50 bits per heavy atom. The van der Waals surface area contributed by atoms with Crippen LogP contribution in [0.3, 0.4) is 0 Å². The van der Waals surface area contributed by atoms with Gasteiger partial charge in [-0.15, -0.1) is 0 Å². The average Bonchev–Trinajstić information content (AvgIpc) is 2.95. The number of ether oxygens (including phenoxy) is 1. The maximum absolute atomic E-state index is 5.81. The van der Waals surface area contributed by atoms with Gasteiger partial charge in [0.2, 0.25) is 5.13 Å². The molecule has 2 fully saturated rings. The van der Waals surface area contributed by atoms with Gasteiger partial charge >= 0.3 is 0 Å². The number of aryl methyl sites for hydroxylation is 1. The highest BCUT2D eigenvalue weighted by Crippen LogP contribution is 2.36. The van der Waals surface area contributed by atoms with E-state index in [2.05, 4.69) is 21.6 Å². The molecule has 3 atom stereocenters. The third-order valence-corrected chi connectivity index (χ3v) is 4.04. The number of hydrogen-bond acceptors (Lipinski definition) is 5. The van der Waals surface area contributed by atoms with Gasteiger partial charge in [0, 0.05) is 18.0 Å². The second kappa shape index (κ2) is 4.30. The summed E-state index contributed by atoms with van der Waals surface area (Å²) in [7, 11) is 0. The third kappa shape index (κ3) is 1.94. The lowest BCUT2D eigenvalue weighted by Crippen LogP contribution is -2.30. The highest BCUT2D eigenvalue weighted by molar-refractivity contribution is 7.09. The number of nitrogens with one attached hydrogen (secondary N) is 1. The van der Waals surface area contributed by atoms with Crippen LogP contribution in [0.1, 0.15) is 38.4 Å². The highest BCUT2D eigenvalue weighted by Gasteiger charge is 2.40. The van der Waals surface area contributed by atoms with Gasteiger partial charge in [-0.2, -0.15) is 4.37 Å². The standard InChI is InChI=1S/C11H17N3OS/c1-2-3-10-13-11(16-14-10)12-8-6-7-4-5-9(8)15-7/h7-9H,2-6H2,1H3,(H,12,13,14). The lowest BCUT2D eigenvalue weighted by atomic mass is 9.96. The first-order valence-corrected chi connectivity index (χ1v) is 6.87. The Balaban J connectivity index is 1.61. The van der Waals surface area contributed by atoms with Crippen LogP contribution in [0.2, 0.25) is 0 Å². The molecule has 2 aliphatic rings. The molecule has 0 radical (unpaired) electrons. The van der Waals surface area contributed by atoms with E-state index in [1.54, 1.807) is 0 Å².